The third-order valence-electron chi connectivity index (χ3n) is 2.91. The molecule has 0 aliphatic carbocycles. The summed E-state index contributed by atoms with van der Waals surface area (Å²) in [5, 5.41) is 13.5. The van der Waals surface area contributed by atoms with E-state index in [-0.39, 0.29) is 6.04 Å². The number of para-hydroxylation sites is 1. The van der Waals surface area contributed by atoms with Crippen molar-refractivity contribution in [2.75, 3.05) is 0 Å². The molecule has 3 nitrogen and oxygen atoms in total. The van der Waals surface area contributed by atoms with Gasteiger partial charge in [0, 0.05) is 0 Å². The zero-order valence-electron chi connectivity index (χ0n) is 9.73. The van der Waals surface area contributed by atoms with Crippen molar-refractivity contribution in [2.24, 2.45) is 4.99 Å². The maximum Gasteiger partial charge on any atom is 0.189 e. The summed E-state index contributed by atoms with van der Waals surface area (Å²) in [7, 11) is 0. The Morgan fingerprint density at radius 1 is 0.944 bits per heavy atom. The quantitative estimate of drug-likeness (QED) is 0.544. The van der Waals surface area contributed by atoms with E-state index in [0.29, 0.717) is 0 Å². The van der Waals surface area contributed by atoms with Gasteiger partial charge in [0.25, 0.3) is 0 Å². The van der Waals surface area contributed by atoms with E-state index in [1.807, 2.05) is 54.6 Å². The molecular formula is C15H12N2O. The van der Waals surface area contributed by atoms with Gasteiger partial charge in [-0.3, -0.25) is 4.99 Å². The summed E-state index contributed by atoms with van der Waals surface area (Å²) in [6.45, 7) is 0. The Morgan fingerprint density at radius 2 is 1.67 bits per heavy atom. The molecule has 1 atom stereocenters. The molecule has 0 aromatic heterocycles. The van der Waals surface area contributed by atoms with Crippen LogP contribution in [0.25, 0.3) is 6.20 Å². The van der Waals surface area contributed by atoms with Gasteiger partial charge in [0.2, 0.25) is 0 Å². The predicted molar refractivity (Wildman–Crippen MR) is 70.6 cm³/mol. The zero-order chi connectivity index (χ0) is 12.4. The van der Waals surface area contributed by atoms with Crippen LogP contribution in [0.15, 0.2) is 59.6 Å². The van der Waals surface area contributed by atoms with Crippen molar-refractivity contribution >= 4 is 12.4 Å². The molecule has 0 amide bonds. The number of hydrogen-bond acceptors (Lipinski definition) is 2. The smallest absolute Gasteiger partial charge is 0.189 e. The summed E-state index contributed by atoms with van der Waals surface area (Å²) in [6, 6.07) is 17.2. The highest BCUT2D eigenvalue weighted by atomic mass is 16.5. The van der Waals surface area contributed by atoms with Gasteiger partial charge in [-0.05, 0) is 17.7 Å². The number of hydrogen-bond donors (Lipinski definition) is 0. The van der Waals surface area contributed by atoms with E-state index in [9.17, 15) is 5.21 Å². The van der Waals surface area contributed by atoms with Gasteiger partial charge in [-0.1, -0.05) is 42.5 Å². The maximum absolute atomic E-state index is 11.8. The summed E-state index contributed by atoms with van der Waals surface area (Å²) in [5.74, 6) is 0. The largest absolute Gasteiger partial charge is 0.619 e. The van der Waals surface area contributed by atoms with Crippen LogP contribution in [0.5, 0.6) is 0 Å². The monoisotopic (exact) mass is 236 g/mol. The Kier molecular flexibility index (Phi) is 2.65. The van der Waals surface area contributed by atoms with E-state index in [2.05, 4.69) is 4.99 Å². The predicted octanol–water partition coefficient (Wildman–Crippen LogP) is 1.38. The van der Waals surface area contributed by atoms with Gasteiger partial charge in [0.1, 0.15) is 0 Å². The minimum atomic E-state index is -0.233. The van der Waals surface area contributed by atoms with Crippen molar-refractivity contribution < 1.29 is 4.74 Å². The molecular weight excluding hydrogens is 224 g/mol. The van der Waals surface area contributed by atoms with E-state index >= 15 is 0 Å². The van der Waals surface area contributed by atoms with Crippen molar-refractivity contribution in [3.05, 3.63) is 75.9 Å². The lowest BCUT2D eigenvalue weighted by molar-refractivity contribution is -0.334. The fourth-order valence-electron chi connectivity index (χ4n) is 2.03. The van der Waals surface area contributed by atoms with Crippen LogP contribution in [-0.4, -0.2) is 11.0 Å². The van der Waals surface area contributed by atoms with Crippen LogP contribution in [0.3, 0.4) is 0 Å². The van der Waals surface area contributed by atoms with Crippen LogP contribution >= 0.6 is 0 Å². The number of hydroxylamine groups is 1. The Labute approximate surface area is 105 Å². The van der Waals surface area contributed by atoms with Gasteiger partial charge in [0.05, 0.1) is 10.6 Å². The van der Waals surface area contributed by atoms with Gasteiger partial charge in [-0.15, -0.1) is 0 Å². The minimum Gasteiger partial charge on any atom is -0.619 e. The molecule has 0 radical (unpaired) electrons. The molecule has 0 N–H and O–H groups in total. The van der Waals surface area contributed by atoms with E-state index in [1.54, 1.807) is 12.4 Å². The lowest BCUT2D eigenvalue weighted by Gasteiger charge is -2.05. The van der Waals surface area contributed by atoms with Crippen molar-refractivity contribution in [2.45, 2.75) is 6.04 Å². The average Bonchev–Trinajstić information content (AvgIpc) is 2.57. The summed E-state index contributed by atoms with van der Waals surface area (Å²) < 4.78 is 0.840. The first-order valence-electron chi connectivity index (χ1n) is 5.83. The molecule has 1 aliphatic heterocycles. The molecule has 3 rings (SSSR count). The van der Waals surface area contributed by atoms with E-state index in [0.717, 1.165) is 20.9 Å². The van der Waals surface area contributed by atoms with Crippen molar-refractivity contribution in [1.29, 1.82) is 0 Å². The molecule has 0 bridgehead atoms. The molecule has 0 saturated heterocycles. The van der Waals surface area contributed by atoms with E-state index < -0.39 is 0 Å². The first-order valence-corrected chi connectivity index (χ1v) is 5.83. The van der Waals surface area contributed by atoms with Crippen LogP contribution in [0.1, 0.15) is 11.6 Å². The van der Waals surface area contributed by atoms with Crippen LogP contribution in [0.2, 0.25) is 0 Å². The molecule has 2 aromatic rings. The standard InChI is InChI=1S/C15H12N2O/c18-17-10-13-8-4-5-9-14(13)16-15(11-17)12-6-2-1-3-7-12/h1-11,15H. The Hall–Kier alpha value is -2.42. The second kappa shape index (κ2) is 4.45. The van der Waals surface area contributed by atoms with Crippen LogP contribution in [0.4, 0.5) is 0 Å². The van der Waals surface area contributed by atoms with Gasteiger partial charge in [0.15, 0.2) is 18.5 Å². The fraction of sp³-hybridized carbons (Fsp3) is 0.0667. The topological polar surface area (TPSA) is 38.4 Å². The van der Waals surface area contributed by atoms with Crippen LogP contribution < -0.4 is 10.6 Å². The molecule has 88 valence electrons. The molecule has 2 aromatic carbocycles. The molecule has 1 unspecified atom stereocenters. The number of fused-ring (bicyclic) bond motifs is 1. The van der Waals surface area contributed by atoms with Gasteiger partial charge < -0.3 is 5.21 Å². The number of benzene rings is 2. The van der Waals surface area contributed by atoms with E-state index in [1.165, 1.54) is 0 Å². The lowest BCUT2D eigenvalue weighted by Crippen LogP contribution is -2.24. The third-order valence-corrected chi connectivity index (χ3v) is 2.91. The molecule has 1 aliphatic rings. The number of nitrogens with zero attached hydrogens (tertiary/aromatic N) is 2. The molecule has 0 spiro atoms. The van der Waals surface area contributed by atoms with Crippen molar-refractivity contribution in [3.63, 3.8) is 0 Å². The fourth-order valence-corrected chi connectivity index (χ4v) is 2.03. The third kappa shape index (κ3) is 2.02. The second-order valence-electron chi connectivity index (χ2n) is 4.18. The highest BCUT2D eigenvalue weighted by molar-refractivity contribution is 5.64. The molecule has 3 heteroatoms. The molecule has 1 heterocycles. The highest BCUT2D eigenvalue weighted by Crippen LogP contribution is 2.14. The highest BCUT2D eigenvalue weighted by Gasteiger charge is 2.12. The molecule has 18 heavy (non-hydrogen) atoms. The zero-order valence-corrected chi connectivity index (χ0v) is 9.73. The van der Waals surface area contributed by atoms with Crippen LogP contribution in [0, 0.1) is 5.21 Å². The normalized spacial score (nSPS) is 17.8. The second-order valence-corrected chi connectivity index (χ2v) is 4.18. The first-order chi connectivity index (χ1) is 8.83. The molecule has 0 saturated carbocycles. The van der Waals surface area contributed by atoms with Crippen molar-refractivity contribution in [1.82, 2.24) is 0 Å². The summed E-state index contributed by atoms with van der Waals surface area (Å²) in [6.07, 6.45) is 3.14. The SMILES string of the molecule is [O-][N+]1=CC(c2ccccc2)N=c2ccccc2=C1. The van der Waals surface area contributed by atoms with Crippen LogP contribution in [-0.2, 0) is 0 Å². The summed E-state index contributed by atoms with van der Waals surface area (Å²) >= 11 is 0. The number of rotatable bonds is 1. The Bertz CT molecular complexity index is 705. The Balaban J connectivity index is 2.19. The first kappa shape index (κ1) is 10.7. The van der Waals surface area contributed by atoms with Gasteiger partial charge in [-0.25, -0.2) is 0 Å². The van der Waals surface area contributed by atoms with Crippen molar-refractivity contribution in [3.8, 4) is 0 Å². The van der Waals surface area contributed by atoms with Gasteiger partial charge >= 0.3 is 0 Å². The maximum atomic E-state index is 11.8. The molecule has 0 fully saturated rings. The average molecular weight is 236 g/mol. The van der Waals surface area contributed by atoms with Gasteiger partial charge in [-0.2, -0.15) is 4.74 Å². The Morgan fingerprint density at radius 3 is 2.50 bits per heavy atom. The lowest BCUT2D eigenvalue weighted by atomic mass is 10.1. The van der Waals surface area contributed by atoms with E-state index in [4.69, 9.17) is 0 Å². The summed E-state index contributed by atoms with van der Waals surface area (Å²) in [5.41, 5.74) is 1.02. The summed E-state index contributed by atoms with van der Waals surface area (Å²) in [4.78, 5) is 4.63. The minimum absolute atomic E-state index is 0.233.